The van der Waals surface area contributed by atoms with E-state index in [9.17, 15) is 4.79 Å². The summed E-state index contributed by atoms with van der Waals surface area (Å²) in [6, 6.07) is 12.7. The van der Waals surface area contributed by atoms with Crippen LogP contribution in [0.3, 0.4) is 0 Å². The third-order valence-corrected chi connectivity index (χ3v) is 8.12. The fourth-order valence-electron chi connectivity index (χ4n) is 5.96. The fourth-order valence-corrected chi connectivity index (χ4v) is 5.96. The Bertz CT molecular complexity index is 1040. The maximum absolute atomic E-state index is 12.9. The number of nitrogens with one attached hydrogen (secondary N) is 1. The maximum atomic E-state index is 12.9. The summed E-state index contributed by atoms with van der Waals surface area (Å²) in [6.45, 7) is 5.86. The summed E-state index contributed by atoms with van der Waals surface area (Å²) in [4.78, 5) is 24.3. The molecule has 1 atom stereocenters. The van der Waals surface area contributed by atoms with Gasteiger partial charge >= 0.3 is 0 Å². The van der Waals surface area contributed by atoms with Crippen LogP contribution in [0.25, 0.3) is 0 Å². The minimum Gasteiger partial charge on any atom is -0.381 e. The number of amides is 1. The molecule has 1 saturated carbocycles. The number of carbonyl (C=O) groups excluding carboxylic acids is 1. The van der Waals surface area contributed by atoms with Crippen molar-refractivity contribution in [2.75, 3.05) is 53.4 Å². The van der Waals surface area contributed by atoms with Crippen molar-refractivity contribution in [3.63, 3.8) is 0 Å². The fraction of sp³-hybridized carbons (Fsp3) is 0.538. The molecular formula is C26H33N5O2. The SMILES string of the molecule is C[C@@H]1C(=O)N(C)c2ccc(Nc3ccc(N4CC5(CCC5)C4)cc3)nc2N1C1CCOCC1. The smallest absolute Gasteiger partial charge is 0.249 e. The van der Waals surface area contributed by atoms with Gasteiger partial charge in [0.15, 0.2) is 5.82 Å². The molecule has 7 nitrogen and oxygen atoms in total. The highest BCUT2D eigenvalue weighted by Gasteiger charge is 2.47. The Labute approximate surface area is 195 Å². The topological polar surface area (TPSA) is 60.9 Å². The monoisotopic (exact) mass is 447 g/mol. The summed E-state index contributed by atoms with van der Waals surface area (Å²) >= 11 is 0. The summed E-state index contributed by atoms with van der Waals surface area (Å²) in [5.74, 6) is 1.79. The van der Waals surface area contributed by atoms with Gasteiger partial charge in [-0.25, -0.2) is 4.98 Å². The molecule has 1 amide bonds. The lowest BCUT2D eigenvalue weighted by Crippen LogP contribution is -2.59. The quantitative estimate of drug-likeness (QED) is 0.759. The predicted molar refractivity (Wildman–Crippen MR) is 132 cm³/mol. The Hall–Kier alpha value is -2.80. The summed E-state index contributed by atoms with van der Waals surface area (Å²) in [7, 11) is 1.84. The number of nitrogens with zero attached hydrogens (tertiary/aromatic N) is 4. The van der Waals surface area contributed by atoms with E-state index in [4.69, 9.17) is 9.72 Å². The number of rotatable bonds is 4. The number of ether oxygens (including phenoxy) is 1. The average molecular weight is 448 g/mol. The van der Waals surface area contributed by atoms with Crippen LogP contribution in [-0.4, -0.2) is 56.3 Å². The highest BCUT2D eigenvalue weighted by molar-refractivity contribution is 6.04. The van der Waals surface area contributed by atoms with Gasteiger partial charge in [0.25, 0.3) is 0 Å². The normalized spacial score (nSPS) is 24.4. The van der Waals surface area contributed by atoms with Crippen LogP contribution in [0.15, 0.2) is 36.4 Å². The number of aromatic nitrogens is 1. The summed E-state index contributed by atoms with van der Waals surface area (Å²) in [5.41, 5.74) is 3.83. The molecule has 33 heavy (non-hydrogen) atoms. The number of hydrogen-bond donors (Lipinski definition) is 1. The number of likely N-dealkylation sites (N-methyl/N-ethyl adjacent to an activating group) is 1. The van der Waals surface area contributed by atoms with Crippen LogP contribution in [0, 0.1) is 5.41 Å². The average Bonchev–Trinajstić information content (AvgIpc) is 2.78. The number of hydrogen-bond acceptors (Lipinski definition) is 6. The van der Waals surface area contributed by atoms with E-state index in [1.165, 1.54) is 38.0 Å². The third-order valence-electron chi connectivity index (χ3n) is 8.12. The van der Waals surface area contributed by atoms with Crippen molar-refractivity contribution in [3.8, 4) is 0 Å². The molecular weight excluding hydrogens is 414 g/mol. The molecule has 1 aliphatic carbocycles. The number of pyridine rings is 1. The molecule has 174 valence electrons. The van der Waals surface area contributed by atoms with Gasteiger partial charge in [-0.15, -0.1) is 0 Å². The van der Waals surface area contributed by atoms with Gasteiger partial charge in [0.1, 0.15) is 11.9 Å². The van der Waals surface area contributed by atoms with Gasteiger partial charge < -0.3 is 24.8 Å². The molecule has 0 radical (unpaired) electrons. The Morgan fingerprint density at radius 3 is 2.45 bits per heavy atom. The molecule has 6 rings (SSSR count). The lowest BCUT2D eigenvalue weighted by molar-refractivity contribution is -0.119. The Kier molecular flexibility index (Phi) is 4.98. The van der Waals surface area contributed by atoms with Gasteiger partial charge in [-0.3, -0.25) is 4.79 Å². The van der Waals surface area contributed by atoms with E-state index in [1.54, 1.807) is 4.90 Å². The lowest BCUT2D eigenvalue weighted by atomic mass is 9.63. The second-order valence-electron chi connectivity index (χ2n) is 10.2. The van der Waals surface area contributed by atoms with Gasteiger partial charge in [0.05, 0.1) is 5.69 Å². The Morgan fingerprint density at radius 2 is 1.79 bits per heavy atom. The highest BCUT2D eigenvalue weighted by Crippen LogP contribution is 2.49. The van der Waals surface area contributed by atoms with Crippen LogP contribution in [0.2, 0.25) is 0 Å². The van der Waals surface area contributed by atoms with E-state index >= 15 is 0 Å². The van der Waals surface area contributed by atoms with E-state index in [0.29, 0.717) is 5.41 Å². The number of carbonyl (C=O) groups is 1. The van der Waals surface area contributed by atoms with Crippen LogP contribution < -0.4 is 20.0 Å². The molecule has 0 bridgehead atoms. The van der Waals surface area contributed by atoms with E-state index in [2.05, 4.69) is 39.4 Å². The van der Waals surface area contributed by atoms with E-state index < -0.39 is 0 Å². The van der Waals surface area contributed by atoms with E-state index in [1.807, 2.05) is 26.1 Å². The van der Waals surface area contributed by atoms with E-state index in [-0.39, 0.29) is 18.0 Å². The van der Waals surface area contributed by atoms with Crippen LogP contribution in [0.1, 0.15) is 39.0 Å². The number of benzene rings is 1. The van der Waals surface area contributed by atoms with Crippen molar-refractivity contribution < 1.29 is 9.53 Å². The molecule has 3 aliphatic heterocycles. The molecule has 1 spiro atoms. The van der Waals surface area contributed by atoms with Crippen molar-refractivity contribution in [2.24, 2.45) is 5.41 Å². The van der Waals surface area contributed by atoms with E-state index in [0.717, 1.165) is 49.1 Å². The molecule has 1 aromatic heterocycles. The van der Waals surface area contributed by atoms with Gasteiger partial charge in [-0.05, 0) is 69.0 Å². The molecule has 2 aromatic rings. The van der Waals surface area contributed by atoms with Gasteiger partial charge in [0, 0.05) is 56.2 Å². The summed E-state index contributed by atoms with van der Waals surface area (Å²) < 4.78 is 5.57. The predicted octanol–water partition coefficient (Wildman–Crippen LogP) is 4.17. The second kappa shape index (κ2) is 7.90. The van der Waals surface area contributed by atoms with Gasteiger partial charge in [0.2, 0.25) is 5.91 Å². The first-order chi connectivity index (χ1) is 16.0. The zero-order valence-corrected chi connectivity index (χ0v) is 19.6. The van der Waals surface area contributed by atoms with Crippen LogP contribution in [0.4, 0.5) is 28.7 Å². The molecule has 7 heteroatoms. The third kappa shape index (κ3) is 3.53. The summed E-state index contributed by atoms with van der Waals surface area (Å²) in [5, 5.41) is 3.47. The summed E-state index contributed by atoms with van der Waals surface area (Å²) in [6.07, 6.45) is 6.03. The number of anilines is 5. The van der Waals surface area contributed by atoms with Crippen molar-refractivity contribution in [1.82, 2.24) is 4.98 Å². The second-order valence-corrected chi connectivity index (χ2v) is 10.2. The molecule has 4 aliphatic rings. The van der Waals surface area contributed by atoms with Crippen molar-refractivity contribution in [3.05, 3.63) is 36.4 Å². The van der Waals surface area contributed by atoms with Crippen LogP contribution in [0.5, 0.6) is 0 Å². The first kappa shape index (κ1) is 20.8. The number of fused-ring (bicyclic) bond motifs is 1. The van der Waals surface area contributed by atoms with Crippen LogP contribution in [-0.2, 0) is 9.53 Å². The largest absolute Gasteiger partial charge is 0.381 e. The minimum absolute atomic E-state index is 0.113. The minimum atomic E-state index is -0.233. The first-order valence-corrected chi connectivity index (χ1v) is 12.3. The molecule has 0 unspecified atom stereocenters. The first-order valence-electron chi connectivity index (χ1n) is 12.3. The molecule has 1 aromatic carbocycles. The highest BCUT2D eigenvalue weighted by atomic mass is 16.5. The van der Waals surface area contributed by atoms with Crippen LogP contribution >= 0.6 is 0 Å². The zero-order chi connectivity index (χ0) is 22.6. The van der Waals surface area contributed by atoms with Gasteiger partial charge in [-0.2, -0.15) is 0 Å². The standard InChI is InChI=1S/C26H33N5O2/c1-18-25(32)29(2)22-8-9-23(28-24(22)31(18)21-10-14-33-15-11-21)27-19-4-6-20(7-5-19)30-16-26(17-30)12-3-13-26/h4-9,18,21H,3,10-17H2,1-2H3,(H,27,28)/t18-/m1/s1. The Morgan fingerprint density at radius 1 is 1.06 bits per heavy atom. The zero-order valence-electron chi connectivity index (χ0n) is 19.6. The lowest BCUT2D eigenvalue weighted by Gasteiger charge is -2.57. The maximum Gasteiger partial charge on any atom is 0.249 e. The van der Waals surface area contributed by atoms with Crippen molar-refractivity contribution in [1.29, 1.82) is 0 Å². The Balaban J connectivity index is 1.22. The van der Waals surface area contributed by atoms with Gasteiger partial charge in [-0.1, -0.05) is 6.42 Å². The van der Waals surface area contributed by atoms with Crippen molar-refractivity contribution in [2.45, 2.75) is 51.1 Å². The molecule has 2 saturated heterocycles. The molecule has 1 N–H and O–H groups in total. The molecule has 4 heterocycles. The van der Waals surface area contributed by atoms with Crippen molar-refractivity contribution >= 4 is 34.6 Å². The molecule has 3 fully saturated rings.